The molecule has 5 heterocycles. The second-order valence-corrected chi connectivity index (χ2v) is 25.1. The molecule has 0 aliphatic carbocycles. The lowest BCUT2D eigenvalue weighted by Crippen LogP contribution is -2.50. The Morgan fingerprint density at radius 1 is 0.682 bits per heavy atom. The van der Waals surface area contributed by atoms with Crippen LogP contribution in [0.1, 0.15) is 24.2 Å². The molecule has 18 nitrogen and oxygen atoms in total. The van der Waals surface area contributed by atoms with Crippen LogP contribution in [0.5, 0.6) is 11.5 Å². The number of likely N-dealkylation sites (tertiary alicyclic amines) is 1. The first-order chi connectivity index (χ1) is 41.7. The highest BCUT2D eigenvalue weighted by Crippen LogP contribution is 2.35. The smallest absolute Gasteiger partial charge is 0.406 e. The zero-order valence-electron chi connectivity index (χ0n) is 49.2. The van der Waals surface area contributed by atoms with Crippen LogP contribution in [0, 0.1) is 23.7 Å². The normalized spacial score (nSPS) is 19.1. The zero-order chi connectivity index (χ0) is 64.0. The molecule has 0 bridgehead atoms. The van der Waals surface area contributed by atoms with E-state index in [1.54, 1.807) is 55.6 Å². The summed E-state index contributed by atoms with van der Waals surface area (Å²) in [5, 5.41) is 26.3. The zero-order valence-corrected chi connectivity index (χ0v) is 50.9. The summed E-state index contributed by atoms with van der Waals surface area (Å²) in [6, 6.07) is 20.6. The Kier molecular flexibility index (Phi) is 23.7. The average molecular weight is 1280 g/mol. The third kappa shape index (κ3) is 19.7. The number of aromatic nitrogens is 2. The van der Waals surface area contributed by atoms with Crippen LogP contribution < -0.4 is 36.1 Å². The fourth-order valence-electron chi connectivity index (χ4n) is 9.94. The lowest BCUT2D eigenvalue weighted by atomic mass is 10.0. The van der Waals surface area contributed by atoms with Crippen molar-refractivity contribution in [1.82, 2.24) is 19.4 Å². The van der Waals surface area contributed by atoms with Crippen LogP contribution in [0.2, 0.25) is 0 Å². The lowest BCUT2D eigenvalue weighted by molar-refractivity contribution is -0.140. The van der Waals surface area contributed by atoms with Crippen molar-refractivity contribution in [2.45, 2.75) is 84.7 Å². The van der Waals surface area contributed by atoms with Crippen molar-refractivity contribution in [3.8, 4) is 35.2 Å². The van der Waals surface area contributed by atoms with Crippen molar-refractivity contribution in [1.29, 1.82) is 0 Å². The molecular weight excluding hydrogens is 1210 g/mol. The fourth-order valence-corrected chi connectivity index (χ4v) is 11.2. The number of alkyl halides is 8. The Hall–Kier alpha value is -7.02. The molecule has 0 saturated carbocycles. The van der Waals surface area contributed by atoms with Gasteiger partial charge in [0.1, 0.15) is 43.0 Å². The molecule has 9 rings (SSSR count). The molecule has 28 heteroatoms. The summed E-state index contributed by atoms with van der Waals surface area (Å²) in [4.78, 5) is 2.00. The molecule has 0 spiro atoms. The first-order valence-corrected chi connectivity index (χ1v) is 31.6. The summed E-state index contributed by atoms with van der Waals surface area (Å²) < 4.78 is 185. The van der Waals surface area contributed by atoms with Crippen molar-refractivity contribution < 1.29 is 80.7 Å². The predicted octanol–water partition coefficient (Wildman–Crippen LogP) is 8.13. The Morgan fingerprint density at radius 3 is 1.57 bits per heavy atom. The van der Waals surface area contributed by atoms with Gasteiger partial charge in [0.2, 0.25) is 0 Å². The number of hydrogen-bond donors (Lipinski definition) is 6. The number of nitrogens with zero attached hydrogens (tertiary/aromatic N) is 3. The molecule has 2 aromatic heterocycles. The number of rotatable bonds is 20. The summed E-state index contributed by atoms with van der Waals surface area (Å²) in [7, 11) is -0.914. The van der Waals surface area contributed by atoms with Gasteiger partial charge in [0.25, 0.3) is 0 Å². The SMILES string of the molecule is COC[C@H](O)CN1CCC(Nc2cccc3c2cc(C#CCNc2ccc(S(C)(=O)=O)cc2OC)n3CC(F)(F)F)C(F)C1.COC[C@H]1CO1.COc1cc(S(C)(=O)=O)ccc1NCC#Cc1cc2c(NC3CCNCC3F)cccc2n1CC(F)(F)F. The molecule has 4 unspecified atom stereocenters. The van der Waals surface area contributed by atoms with Crippen LogP contribution in [0.25, 0.3) is 21.8 Å². The molecule has 88 heavy (non-hydrogen) atoms. The minimum atomic E-state index is -4.51. The molecule has 3 saturated heterocycles. The van der Waals surface area contributed by atoms with Crippen molar-refractivity contribution >= 4 is 64.2 Å². The maximum Gasteiger partial charge on any atom is 0.406 e. The largest absolute Gasteiger partial charge is 0.495 e. The summed E-state index contributed by atoms with van der Waals surface area (Å²) >= 11 is 0. The highest BCUT2D eigenvalue weighted by Gasteiger charge is 2.34. The van der Waals surface area contributed by atoms with E-state index in [2.05, 4.69) is 50.3 Å². The summed E-state index contributed by atoms with van der Waals surface area (Å²) in [6.07, 6.45) is -8.51. The van der Waals surface area contributed by atoms with Crippen LogP contribution in [-0.2, 0) is 47.0 Å². The first kappa shape index (κ1) is 68.5. The highest BCUT2D eigenvalue weighted by molar-refractivity contribution is 7.91. The van der Waals surface area contributed by atoms with E-state index < -0.39 is 75.6 Å². The van der Waals surface area contributed by atoms with Crippen molar-refractivity contribution in [3.05, 3.63) is 96.3 Å². The minimum absolute atomic E-state index is 0.0361. The van der Waals surface area contributed by atoms with Gasteiger partial charge < -0.3 is 64.5 Å². The number of β-amino-alcohol motifs (C(OH)–C–C–N with tert-alkyl or cyclic N) is 1. The number of halogens is 8. The molecule has 3 fully saturated rings. The van der Waals surface area contributed by atoms with Gasteiger partial charge in [-0.2, -0.15) is 26.3 Å². The average Bonchev–Trinajstić information content (AvgIpc) is 1.74. The monoisotopic (exact) mass is 1280 g/mol. The Labute approximate surface area is 506 Å². The molecule has 0 amide bonds. The highest BCUT2D eigenvalue weighted by atomic mass is 32.2. The van der Waals surface area contributed by atoms with Crippen LogP contribution in [0.4, 0.5) is 57.9 Å². The molecule has 6 aromatic rings. The molecule has 480 valence electrons. The number of ether oxygens (including phenoxy) is 5. The molecule has 0 radical (unpaired) electrons. The van der Waals surface area contributed by atoms with Gasteiger partial charge in [0, 0.05) is 87.2 Å². The van der Waals surface area contributed by atoms with E-state index in [9.17, 15) is 52.7 Å². The number of hydrogen-bond acceptors (Lipinski definition) is 16. The third-order valence-corrected chi connectivity index (χ3v) is 16.5. The number of nitrogens with one attached hydrogen (secondary N) is 5. The summed E-state index contributed by atoms with van der Waals surface area (Å²) in [5.74, 6) is 11.9. The van der Waals surface area contributed by atoms with E-state index in [1.165, 1.54) is 57.7 Å². The molecular formula is C60H72F8N8O10S2. The number of methoxy groups -OCH3 is 4. The number of epoxide rings is 1. The Morgan fingerprint density at radius 2 is 1.17 bits per heavy atom. The second-order valence-electron chi connectivity index (χ2n) is 21.1. The maximum atomic E-state index is 15.2. The standard InChI is InChI=1S/C30H36F4N4O5S.C26H28F4N4O3S.C4H8O2/c1-42-18-21(39)16-37-13-11-26(24(31)17-37)36-25-7-4-8-28-23(25)14-20(38(28)19-30(32,33)34)6-5-12-35-27-10-9-22(44(3,40)41)15-29(27)43-2;1-37-25-14-18(38(2,35)36)8-9-23(25)32-11-4-5-17-13-19-21(33-22-10-12-31-15-20(22)27)6-3-7-24(19)34(17)16-26(28,29)30;1-5-2-4-3-6-4/h4,7-10,14-15,21,24,26,35-36,39H,11-13,16-19H2,1-3H3;3,6-9,13-14,20,22,31-33H,10-12,15-16H2,1-2H3;4H,2-3H2,1H3/t21-,24?,26?;;4-/m1.0/s1. The second kappa shape index (κ2) is 30.5. The van der Waals surface area contributed by atoms with Crippen molar-refractivity contribution in [2.24, 2.45) is 0 Å². The van der Waals surface area contributed by atoms with Gasteiger partial charge in [0.05, 0.1) is 109 Å². The number of benzene rings is 4. The molecule has 6 atom stereocenters. The number of piperidine rings is 2. The third-order valence-electron chi connectivity index (χ3n) is 14.2. The quantitative estimate of drug-likeness (QED) is 0.0242. The van der Waals surface area contributed by atoms with E-state index in [1.807, 2.05) is 4.90 Å². The fraction of sp³-hybridized carbons (Fsp3) is 0.467. The van der Waals surface area contributed by atoms with Gasteiger partial charge in [0.15, 0.2) is 19.7 Å². The molecule has 6 N–H and O–H groups in total. The van der Waals surface area contributed by atoms with Gasteiger partial charge in [-0.3, -0.25) is 4.90 Å². The predicted molar refractivity (Wildman–Crippen MR) is 322 cm³/mol. The van der Waals surface area contributed by atoms with E-state index in [0.29, 0.717) is 82.3 Å². The van der Waals surface area contributed by atoms with Gasteiger partial charge in [-0.1, -0.05) is 24.0 Å². The first-order valence-electron chi connectivity index (χ1n) is 27.8. The van der Waals surface area contributed by atoms with Crippen LogP contribution in [0.15, 0.2) is 94.7 Å². The summed E-state index contributed by atoms with van der Waals surface area (Å²) in [6.45, 7) is 1.22. The Balaban J connectivity index is 0.000000230. The maximum absolute atomic E-state index is 15.2. The molecule has 3 aliphatic heterocycles. The minimum Gasteiger partial charge on any atom is -0.495 e. The number of aliphatic hydroxyl groups is 1. The van der Waals surface area contributed by atoms with Gasteiger partial charge in [-0.15, -0.1) is 0 Å². The number of sulfone groups is 2. The van der Waals surface area contributed by atoms with Crippen LogP contribution in [-0.4, -0.2) is 192 Å². The number of fused-ring (bicyclic) bond motifs is 2. The van der Waals surface area contributed by atoms with E-state index in [-0.39, 0.29) is 66.3 Å². The molecule has 3 aliphatic rings. The van der Waals surface area contributed by atoms with Crippen LogP contribution >= 0.6 is 0 Å². The lowest BCUT2D eigenvalue weighted by Gasteiger charge is -2.36. The van der Waals surface area contributed by atoms with Gasteiger partial charge in [-0.05, 0) is 91.9 Å². The van der Waals surface area contributed by atoms with E-state index in [4.69, 9.17) is 23.7 Å². The van der Waals surface area contributed by atoms with Crippen molar-refractivity contribution in [2.75, 3.05) is 128 Å². The van der Waals surface area contributed by atoms with E-state index >= 15 is 4.39 Å². The van der Waals surface area contributed by atoms with E-state index in [0.717, 1.165) is 34.9 Å². The number of aliphatic hydroxyl groups excluding tert-OH is 1. The van der Waals surface area contributed by atoms with Gasteiger partial charge in [-0.25, -0.2) is 25.6 Å². The topological polar surface area (TPSA) is 211 Å². The summed E-state index contributed by atoms with van der Waals surface area (Å²) in [5.41, 5.74) is 2.94. The van der Waals surface area contributed by atoms with Crippen molar-refractivity contribution in [3.63, 3.8) is 0 Å². The van der Waals surface area contributed by atoms with Gasteiger partial charge >= 0.3 is 12.4 Å². The Bertz CT molecular complexity index is 3690. The number of anilines is 4. The molecule has 4 aromatic carbocycles. The van der Waals surface area contributed by atoms with Crippen LogP contribution in [0.3, 0.4) is 0 Å².